The number of amides is 3. The van der Waals surface area contributed by atoms with Crippen molar-refractivity contribution in [3.8, 4) is 5.75 Å². The van der Waals surface area contributed by atoms with Gasteiger partial charge in [0.05, 0.1) is 34.6 Å². The molecule has 2 aromatic heterocycles. The minimum absolute atomic E-state index is 0.0315. The molecule has 4 fully saturated rings. The van der Waals surface area contributed by atoms with Crippen molar-refractivity contribution in [2.24, 2.45) is 5.92 Å². The molecule has 3 aromatic carbocycles. The molecule has 0 bridgehead atoms. The zero-order valence-electron chi connectivity index (χ0n) is 38.9. The Labute approximate surface area is 405 Å². The molecule has 4 saturated heterocycles. The number of methoxy groups -OCH3 is 1. The number of piperazine rings is 1. The standard InChI is InChI=1S/C50H58BrF2N10O4P/c1-5-29-23-41(57-50-54-27-36(51)47(59-50)56-40-11-10-39-34(46(40)68-4)8-7-31(6-2)55-39)43(67-3)26-42(29)61-17-14-32(15-18-61)60-19-21-62(22-20-60)49(66)30-13-16-63(28-30)33-24-37(52)45(38(53)25-33)35-9-12-44(64)58-48(35)65/h7-8,10-11,23-27,30,32,35,68H,5-6,9,12-22,28H2,1-4H3,(H,58,64,65)(H2,54,56,57,59)/t30-,35-/m1/s1. The predicted octanol–water partition coefficient (Wildman–Crippen LogP) is 7.78. The summed E-state index contributed by atoms with van der Waals surface area (Å²) in [6.07, 6.45) is 6.17. The molecule has 9 rings (SSSR count). The highest BCUT2D eigenvalue weighted by atomic mass is 79.9. The zero-order valence-corrected chi connectivity index (χ0v) is 41.5. The van der Waals surface area contributed by atoms with E-state index in [0.29, 0.717) is 70.4 Å². The molecule has 18 heteroatoms. The number of imide groups is 1. The highest BCUT2D eigenvalue weighted by Crippen LogP contribution is 2.39. The average molecular weight is 1010 g/mol. The van der Waals surface area contributed by atoms with E-state index in [1.54, 1.807) is 13.3 Å². The van der Waals surface area contributed by atoms with Gasteiger partial charge in [-0.05, 0) is 103 Å². The fourth-order valence-electron chi connectivity index (χ4n) is 10.3. The van der Waals surface area contributed by atoms with Gasteiger partial charge in [0.2, 0.25) is 23.7 Å². The number of fused-ring (bicyclic) bond motifs is 1. The summed E-state index contributed by atoms with van der Waals surface area (Å²) in [5, 5.41) is 11.5. The molecule has 358 valence electrons. The zero-order chi connectivity index (χ0) is 47.6. The molecule has 6 heterocycles. The number of nitrogens with one attached hydrogen (secondary N) is 3. The van der Waals surface area contributed by atoms with E-state index >= 15 is 8.78 Å². The maximum atomic E-state index is 15.3. The third kappa shape index (κ3) is 9.84. The molecule has 68 heavy (non-hydrogen) atoms. The van der Waals surface area contributed by atoms with Crippen LogP contribution in [0.25, 0.3) is 10.9 Å². The number of carbonyl (C=O) groups excluding carboxylic acids is 3. The van der Waals surface area contributed by atoms with Crippen molar-refractivity contribution in [1.29, 1.82) is 0 Å². The molecule has 1 unspecified atom stereocenters. The average Bonchev–Trinajstić information content (AvgIpc) is 3.86. The van der Waals surface area contributed by atoms with Gasteiger partial charge in [0.25, 0.3) is 0 Å². The molecule has 3 N–H and O–H groups in total. The first-order valence-corrected chi connectivity index (χ1v) is 26.0. The van der Waals surface area contributed by atoms with Crippen molar-refractivity contribution in [1.82, 2.24) is 30.1 Å². The maximum absolute atomic E-state index is 15.3. The molecule has 3 amide bonds. The maximum Gasteiger partial charge on any atom is 0.234 e. The summed E-state index contributed by atoms with van der Waals surface area (Å²) in [5.74, 6) is -2.20. The summed E-state index contributed by atoms with van der Waals surface area (Å²) in [5.41, 5.74) is 6.24. The molecule has 0 saturated carbocycles. The van der Waals surface area contributed by atoms with Gasteiger partial charge in [0, 0.05) is 116 Å². The van der Waals surface area contributed by atoms with Crippen LogP contribution in [-0.4, -0.2) is 115 Å². The second-order valence-electron chi connectivity index (χ2n) is 18.0. The second kappa shape index (κ2) is 20.6. The first kappa shape index (κ1) is 47.6. The minimum Gasteiger partial charge on any atom is -0.494 e. The van der Waals surface area contributed by atoms with Gasteiger partial charge in [-0.2, -0.15) is 4.98 Å². The second-order valence-corrected chi connectivity index (χ2v) is 19.8. The van der Waals surface area contributed by atoms with E-state index < -0.39 is 29.4 Å². The van der Waals surface area contributed by atoms with Gasteiger partial charge in [0.15, 0.2) is 0 Å². The van der Waals surface area contributed by atoms with E-state index in [1.165, 1.54) is 23.0 Å². The van der Waals surface area contributed by atoms with Gasteiger partial charge >= 0.3 is 0 Å². The molecule has 3 atom stereocenters. The van der Waals surface area contributed by atoms with Gasteiger partial charge in [-0.3, -0.25) is 29.6 Å². The lowest BCUT2D eigenvalue weighted by Gasteiger charge is -2.44. The first-order valence-electron chi connectivity index (χ1n) is 23.7. The monoisotopic (exact) mass is 1010 g/mol. The number of hydrogen-bond donors (Lipinski definition) is 3. The molecule has 14 nitrogen and oxygen atoms in total. The fourth-order valence-corrected chi connectivity index (χ4v) is 11.5. The van der Waals surface area contributed by atoms with Gasteiger partial charge in [-0.15, -0.1) is 0 Å². The number of nitrogens with zero attached hydrogens (tertiary/aromatic N) is 7. The van der Waals surface area contributed by atoms with Crippen LogP contribution in [0.1, 0.15) is 68.7 Å². The Hall–Kier alpha value is -5.51. The van der Waals surface area contributed by atoms with Crippen molar-refractivity contribution < 1.29 is 27.9 Å². The Balaban J connectivity index is 0.786. The van der Waals surface area contributed by atoms with E-state index in [9.17, 15) is 14.4 Å². The highest BCUT2D eigenvalue weighted by Gasteiger charge is 2.37. The van der Waals surface area contributed by atoms with E-state index in [2.05, 4.69) is 104 Å². The number of rotatable bonds is 13. The summed E-state index contributed by atoms with van der Waals surface area (Å²) in [6.45, 7) is 12.0. The number of aryl methyl sites for hydroxylation is 2. The topological polar surface area (TPSA) is 148 Å². The molecule has 0 radical (unpaired) electrons. The predicted molar refractivity (Wildman–Crippen MR) is 269 cm³/mol. The highest BCUT2D eigenvalue weighted by molar-refractivity contribution is 9.10. The Morgan fingerprint density at radius 3 is 2.32 bits per heavy atom. The van der Waals surface area contributed by atoms with Gasteiger partial charge in [0.1, 0.15) is 23.2 Å². The van der Waals surface area contributed by atoms with Crippen LogP contribution in [0.3, 0.4) is 0 Å². The van der Waals surface area contributed by atoms with Crippen LogP contribution < -0.4 is 35.8 Å². The SMILES string of the molecule is CCc1ccc2c(PC)c(Nc3nc(Nc4cc(CC)c(N5CCC(N6CCN(C(=O)[C@@H]7CCN(c8cc(F)c([C@H]9CCC(=O)NC9=O)c(F)c8)C7)CC6)CC5)cc4OC)ncc3Br)ccc2n1. The van der Waals surface area contributed by atoms with Crippen LogP contribution in [0.2, 0.25) is 0 Å². The molecule has 0 aliphatic carbocycles. The lowest BCUT2D eigenvalue weighted by Crippen LogP contribution is -2.55. The minimum atomic E-state index is -1.05. The summed E-state index contributed by atoms with van der Waals surface area (Å²) >= 11 is 3.66. The lowest BCUT2D eigenvalue weighted by molar-refractivity contribution is -0.137. The van der Waals surface area contributed by atoms with Gasteiger partial charge in [-0.1, -0.05) is 28.5 Å². The number of anilines is 6. The van der Waals surface area contributed by atoms with Crippen LogP contribution in [0, 0.1) is 17.6 Å². The number of benzene rings is 3. The fraction of sp³-hybridized carbons (Fsp3) is 0.440. The van der Waals surface area contributed by atoms with E-state index in [1.807, 2.05) is 9.80 Å². The normalized spacial score (nSPS) is 19.6. The van der Waals surface area contributed by atoms with Crippen LogP contribution in [0.5, 0.6) is 5.75 Å². The largest absolute Gasteiger partial charge is 0.494 e. The van der Waals surface area contributed by atoms with Crippen LogP contribution in [0.4, 0.5) is 43.3 Å². The van der Waals surface area contributed by atoms with Crippen LogP contribution >= 0.6 is 24.5 Å². The Bertz CT molecular complexity index is 2710. The molecule has 4 aliphatic rings. The summed E-state index contributed by atoms with van der Waals surface area (Å²) in [7, 11) is 2.24. The number of halogens is 3. The summed E-state index contributed by atoms with van der Waals surface area (Å²) < 4.78 is 37.3. The Kier molecular flexibility index (Phi) is 14.4. The molecular weight excluding hydrogens is 953 g/mol. The number of ether oxygens (including phenoxy) is 1. The van der Waals surface area contributed by atoms with Crippen molar-refractivity contribution in [3.05, 3.63) is 87.7 Å². The van der Waals surface area contributed by atoms with Crippen molar-refractivity contribution in [2.45, 2.75) is 70.8 Å². The van der Waals surface area contributed by atoms with Crippen LogP contribution in [0.15, 0.2) is 59.2 Å². The van der Waals surface area contributed by atoms with Gasteiger partial charge in [-0.25, -0.2) is 13.8 Å². The lowest BCUT2D eigenvalue weighted by atomic mass is 9.89. The number of aromatic nitrogens is 3. The molecule has 5 aromatic rings. The molecular formula is C50H58BrF2N10O4P. The molecule has 0 spiro atoms. The van der Waals surface area contributed by atoms with E-state index in [4.69, 9.17) is 14.7 Å². The number of pyridine rings is 1. The quantitative estimate of drug-likeness (QED) is 0.0782. The Morgan fingerprint density at radius 2 is 1.63 bits per heavy atom. The van der Waals surface area contributed by atoms with Gasteiger partial charge < -0.3 is 30.1 Å². The van der Waals surface area contributed by atoms with Crippen molar-refractivity contribution in [3.63, 3.8) is 0 Å². The molecule has 4 aliphatic heterocycles. The van der Waals surface area contributed by atoms with Crippen molar-refractivity contribution >= 4 is 93.0 Å². The summed E-state index contributed by atoms with van der Waals surface area (Å²) in [4.78, 5) is 60.8. The smallest absolute Gasteiger partial charge is 0.234 e. The van der Waals surface area contributed by atoms with Crippen molar-refractivity contribution in [2.75, 3.05) is 86.6 Å². The third-order valence-electron chi connectivity index (χ3n) is 14.1. The number of carbonyl (C=O) groups is 3. The number of piperidine rings is 2. The van der Waals surface area contributed by atoms with E-state index in [0.717, 1.165) is 90.0 Å². The van der Waals surface area contributed by atoms with Crippen LogP contribution in [-0.2, 0) is 27.2 Å². The number of hydrogen-bond acceptors (Lipinski definition) is 12. The first-order chi connectivity index (χ1) is 32.9. The third-order valence-corrected chi connectivity index (χ3v) is 15.7. The Morgan fingerprint density at radius 1 is 0.882 bits per heavy atom. The summed E-state index contributed by atoms with van der Waals surface area (Å²) in [6, 6.07) is 15.6. The van der Waals surface area contributed by atoms with E-state index in [-0.39, 0.29) is 30.2 Å².